The molecule has 0 bridgehead atoms. The first-order valence-electron chi connectivity index (χ1n) is 10.7. The largest absolute Gasteiger partial charge is 0.357 e. The van der Waals surface area contributed by atoms with E-state index in [9.17, 15) is 4.79 Å². The Hall–Kier alpha value is -2.39. The summed E-state index contributed by atoms with van der Waals surface area (Å²) in [5.74, 6) is 0.644. The van der Waals surface area contributed by atoms with E-state index in [1.165, 1.54) is 32.1 Å². The van der Waals surface area contributed by atoms with Gasteiger partial charge >= 0.3 is 0 Å². The van der Waals surface area contributed by atoms with Crippen LogP contribution in [0, 0.1) is 13.8 Å². The predicted octanol–water partition coefficient (Wildman–Crippen LogP) is 5.21. The monoisotopic (exact) mass is 456 g/mol. The summed E-state index contributed by atoms with van der Waals surface area (Å²) in [7, 11) is 0. The number of hydrogen-bond acceptors (Lipinski definition) is 7. The van der Waals surface area contributed by atoms with E-state index in [0.29, 0.717) is 18.2 Å². The molecule has 0 spiro atoms. The van der Waals surface area contributed by atoms with Crippen molar-refractivity contribution in [1.29, 1.82) is 0 Å². The molecule has 2 N–H and O–H groups in total. The first kappa shape index (κ1) is 21.8. The molecule has 1 amide bonds. The number of aryl methyl sites for hydroxylation is 1. The Morgan fingerprint density at radius 1 is 1.16 bits per heavy atom. The average Bonchev–Trinajstić information content (AvgIpc) is 3.34. The van der Waals surface area contributed by atoms with Crippen molar-refractivity contribution in [2.75, 3.05) is 16.4 Å². The van der Waals surface area contributed by atoms with Crippen LogP contribution in [0.15, 0.2) is 34.7 Å². The lowest BCUT2D eigenvalue weighted by atomic mass is 9.96. The van der Waals surface area contributed by atoms with E-state index < -0.39 is 0 Å². The molecule has 2 aromatic heterocycles. The van der Waals surface area contributed by atoms with Gasteiger partial charge in [0.25, 0.3) is 0 Å². The zero-order valence-corrected chi connectivity index (χ0v) is 19.6. The van der Waals surface area contributed by atoms with Gasteiger partial charge in [0.1, 0.15) is 0 Å². The lowest BCUT2D eigenvalue weighted by molar-refractivity contribution is -0.115. The second-order valence-electron chi connectivity index (χ2n) is 7.79. The van der Waals surface area contributed by atoms with Gasteiger partial charge in [-0.05, 0) is 38.8 Å². The highest BCUT2D eigenvalue weighted by Gasteiger charge is 2.17. The minimum atomic E-state index is -0.0172. The summed E-state index contributed by atoms with van der Waals surface area (Å²) in [6.45, 7) is 3.89. The van der Waals surface area contributed by atoms with Gasteiger partial charge in [-0.2, -0.15) is 5.10 Å². The topological polar surface area (TPSA) is 84.7 Å². The van der Waals surface area contributed by atoms with E-state index in [2.05, 4.69) is 25.9 Å². The maximum Gasteiger partial charge on any atom is 0.225 e. The number of amides is 1. The van der Waals surface area contributed by atoms with Crippen molar-refractivity contribution >= 4 is 39.8 Å². The number of para-hydroxylation sites is 1. The number of aromatic nitrogens is 4. The summed E-state index contributed by atoms with van der Waals surface area (Å²) < 4.78 is 2.76. The summed E-state index contributed by atoms with van der Waals surface area (Å²) in [5, 5.41) is 20.5. The van der Waals surface area contributed by atoms with Crippen LogP contribution in [0.2, 0.25) is 0 Å². The number of thioether (sulfide) groups is 1. The molecule has 7 nitrogen and oxygen atoms in total. The molecule has 31 heavy (non-hydrogen) atoms. The second-order valence-corrected chi connectivity index (χ2v) is 10.1. The standard InChI is InChI=1S/C22H28N6OS2/c1-15-20(16(2)28(27-15)18-11-7-4-8-12-18)24-19(29)13-14-30-22-26-25-21(31-22)23-17-9-5-3-6-10-17/h4,7-8,11-12,17H,3,5-6,9-10,13-14H2,1-2H3,(H,23,25)(H,24,29). The van der Waals surface area contributed by atoms with E-state index in [0.717, 1.165) is 32.2 Å². The number of benzene rings is 1. The molecule has 0 unspecified atom stereocenters. The lowest BCUT2D eigenvalue weighted by Crippen LogP contribution is -2.21. The fourth-order valence-electron chi connectivity index (χ4n) is 3.83. The first-order chi connectivity index (χ1) is 15.1. The van der Waals surface area contributed by atoms with Crippen molar-refractivity contribution in [2.45, 2.75) is 62.8 Å². The summed E-state index contributed by atoms with van der Waals surface area (Å²) in [4.78, 5) is 12.5. The Bertz CT molecular complexity index is 1010. The number of hydrogen-bond donors (Lipinski definition) is 2. The van der Waals surface area contributed by atoms with E-state index in [1.807, 2.05) is 48.9 Å². The Labute approximate surface area is 191 Å². The Balaban J connectivity index is 1.27. The van der Waals surface area contributed by atoms with Crippen molar-refractivity contribution in [3.05, 3.63) is 41.7 Å². The van der Waals surface area contributed by atoms with Gasteiger partial charge in [-0.15, -0.1) is 10.2 Å². The van der Waals surface area contributed by atoms with Crippen molar-refractivity contribution in [2.24, 2.45) is 0 Å². The van der Waals surface area contributed by atoms with Crippen LogP contribution in [0.5, 0.6) is 0 Å². The Morgan fingerprint density at radius 2 is 1.94 bits per heavy atom. The zero-order chi connectivity index (χ0) is 21.6. The van der Waals surface area contributed by atoms with E-state index in [1.54, 1.807) is 23.1 Å². The molecule has 1 aliphatic carbocycles. The highest BCUT2D eigenvalue weighted by molar-refractivity contribution is 8.01. The molecule has 164 valence electrons. The van der Waals surface area contributed by atoms with Gasteiger partial charge in [0.15, 0.2) is 4.34 Å². The number of carbonyl (C=O) groups is 1. The smallest absolute Gasteiger partial charge is 0.225 e. The lowest BCUT2D eigenvalue weighted by Gasteiger charge is -2.21. The summed E-state index contributed by atoms with van der Waals surface area (Å²) >= 11 is 3.15. The third-order valence-electron chi connectivity index (χ3n) is 5.45. The zero-order valence-electron chi connectivity index (χ0n) is 17.9. The van der Waals surface area contributed by atoms with Gasteiger partial charge in [-0.3, -0.25) is 4.79 Å². The molecule has 4 rings (SSSR count). The molecule has 3 aromatic rings. The molecule has 1 aromatic carbocycles. The van der Waals surface area contributed by atoms with Crippen molar-refractivity contribution < 1.29 is 4.79 Å². The van der Waals surface area contributed by atoms with Gasteiger partial charge in [0.2, 0.25) is 11.0 Å². The quantitative estimate of drug-likeness (QED) is 0.453. The maximum absolute atomic E-state index is 12.5. The van der Waals surface area contributed by atoms with Crippen LogP contribution in [0.1, 0.15) is 49.9 Å². The van der Waals surface area contributed by atoms with Crippen molar-refractivity contribution in [3.8, 4) is 5.69 Å². The number of anilines is 2. The number of rotatable bonds is 8. The van der Waals surface area contributed by atoms with Gasteiger partial charge in [-0.25, -0.2) is 4.68 Å². The van der Waals surface area contributed by atoms with Crippen LogP contribution in [-0.4, -0.2) is 37.7 Å². The fraction of sp³-hybridized carbons (Fsp3) is 0.455. The number of nitrogens with one attached hydrogen (secondary N) is 2. The molecule has 1 aliphatic rings. The molecule has 0 atom stereocenters. The van der Waals surface area contributed by atoms with Crippen LogP contribution >= 0.6 is 23.1 Å². The third-order valence-corrected chi connectivity index (χ3v) is 7.44. The summed E-state index contributed by atoms with van der Waals surface area (Å²) in [5.41, 5.74) is 3.50. The van der Waals surface area contributed by atoms with Gasteiger partial charge in [0.05, 0.1) is 22.8 Å². The predicted molar refractivity (Wildman–Crippen MR) is 127 cm³/mol. The maximum atomic E-state index is 12.5. The molecule has 2 heterocycles. The van der Waals surface area contributed by atoms with Crippen LogP contribution in [0.3, 0.4) is 0 Å². The highest BCUT2D eigenvalue weighted by atomic mass is 32.2. The van der Waals surface area contributed by atoms with Crippen LogP contribution in [0.25, 0.3) is 5.69 Å². The first-order valence-corrected chi connectivity index (χ1v) is 12.5. The minimum absolute atomic E-state index is 0.0172. The normalized spacial score (nSPS) is 14.5. The second kappa shape index (κ2) is 10.3. The fourth-order valence-corrected chi connectivity index (χ4v) is 5.66. The molecule has 9 heteroatoms. The molecule has 0 radical (unpaired) electrons. The average molecular weight is 457 g/mol. The molecular formula is C22H28N6OS2. The molecular weight excluding hydrogens is 428 g/mol. The van der Waals surface area contributed by atoms with Gasteiger partial charge in [0, 0.05) is 18.2 Å². The number of nitrogens with zero attached hydrogens (tertiary/aromatic N) is 4. The van der Waals surface area contributed by atoms with Crippen LogP contribution in [-0.2, 0) is 4.79 Å². The van der Waals surface area contributed by atoms with Crippen LogP contribution in [0.4, 0.5) is 10.8 Å². The van der Waals surface area contributed by atoms with Crippen LogP contribution < -0.4 is 10.6 Å². The summed E-state index contributed by atoms with van der Waals surface area (Å²) in [6.07, 6.45) is 6.74. The SMILES string of the molecule is Cc1nn(-c2ccccc2)c(C)c1NC(=O)CCSc1nnc(NC2CCCCC2)s1. The van der Waals surface area contributed by atoms with Crippen molar-refractivity contribution in [1.82, 2.24) is 20.0 Å². The third kappa shape index (κ3) is 5.65. The van der Waals surface area contributed by atoms with E-state index in [4.69, 9.17) is 0 Å². The molecule has 0 saturated heterocycles. The minimum Gasteiger partial charge on any atom is -0.357 e. The highest BCUT2D eigenvalue weighted by Crippen LogP contribution is 2.29. The number of carbonyl (C=O) groups excluding carboxylic acids is 1. The van der Waals surface area contributed by atoms with Gasteiger partial charge in [-0.1, -0.05) is 60.6 Å². The molecule has 1 saturated carbocycles. The Morgan fingerprint density at radius 3 is 2.71 bits per heavy atom. The Kier molecular flexibility index (Phi) is 7.24. The summed E-state index contributed by atoms with van der Waals surface area (Å²) in [6, 6.07) is 10.5. The van der Waals surface area contributed by atoms with Gasteiger partial charge < -0.3 is 10.6 Å². The van der Waals surface area contributed by atoms with E-state index in [-0.39, 0.29) is 5.91 Å². The molecule has 0 aliphatic heterocycles. The molecule has 1 fully saturated rings. The van der Waals surface area contributed by atoms with Crippen molar-refractivity contribution in [3.63, 3.8) is 0 Å². The van der Waals surface area contributed by atoms with E-state index >= 15 is 0 Å².